The molecule has 0 aliphatic heterocycles. The molecule has 2 N–H and O–H groups in total. The van der Waals surface area contributed by atoms with Gasteiger partial charge < -0.3 is 0 Å². The summed E-state index contributed by atoms with van der Waals surface area (Å²) in [6.07, 6.45) is -4.88. The van der Waals surface area contributed by atoms with Crippen molar-refractivity contribution in [3.05, 3.63) is 60.2 Å². The topological polar surface area (TPSA) is 60.1 Å². The minimum Gasteiger partial charge on any atom is -0.236 e. The molecule has 0 unspecified atom stereocenters. The Balaban J connectivity index is 2.43. The third-order valence-electron chi connectivity index (χ3n) is 2.86. The maximum absolute atomic E-state index is 13.1. The van der Waals surface area contributed by atoms with Gasteiger partial charge in [-0.1, -0.05) is 30.3 Å². The fourth-order valence-corrected chi connectivity index (χ4v) is 2.88. The summed E-state index contributed by atoms with van der Waals surface area (Å²) in [6, 6.07) is 13.0. The van der Waals surface area contributed by atoms with E-state index in [0.29, 0.717) is 0 Å². The molecule has 0 amide bonds. The summed E-state index contributed by atoms with van der Waals surface area (Å²) < 4.78 is 65.1. The molecule has 2 aromatic carbocycles. The molecule has 122 valence electrons. The molecular weight excluding hydrogens is 329 g/mol. The summed E-state index contributed by atoms with van der Waals surface area (Å²) in [6.45, 7) is 1.71. The molecule has 0 radical (unpaired) electrons. The van der Waals surface area contributed by atoms with Crippen LogP contribution in [0.2, 0.25) is 0 Å². The first-order valence-electron chi connectivity index (χ1n) is 6.54. The van der Waals surface area contributed by atoms with Crippen molar-refractivity contribution in [2.75, 3.05) is 5.32 Å². The van der Waals surface area contributed by atoms with E-state index in [0.717, 1.165) is 5.56 Å². The summed E-state index contributed by atoms with van der Waals surface area (Å²) in [5, 5.41) is 2.09. The highest BCUT2D eigenvalue weighted by Gasteiger charge is 2.44. The summed E-state index contributed by atoms with van der Waals surface area (Å²) in [5.74, 6) is -1.47. The van der Waals surface area contributed by atoms with E-state index >= 15 is 0 Å². The molecule has 0 bridgehead atoms. The normalized spacial score (nSPS) is 13.0. The molecule has 0 atom stereocenters. The highest BCUT2D eigenvalue weighted by molar-refractivity contribution is 7.84. The lowest BCUT2D eigenvalue weighted by atomic mass is 10.2. The second kappa shape index (κ2) is 6.41. The number of halogens is 3. The van der Waals surface area contributed by atoms with Gasteiger partial charge >= 0.3 is 22.0 Å². The lowest BCUT2D eigenvalue weighted by molar-refractivity contribution is -0.289. The summed E-state index contributed by atoms with van der Waals surface area (Å²) in [7, 11) is -4.34. The molecule has 0 saturated carbocycles. The van der Waals surface area contributed by atoms with Gasteiger partial charge in [0.1, 0.15) is 10.6 Å². The van der Waals surface area contributed by atoms with Gasteiger partial charge in [0, 0.05) is 0 Å². The molecule has 0 saturated heterocycles. The number of hydrogen-bond donors (Lipinski definition) is 2. The maximum Gasteiger partial charge on any atom is 0.495 e. The van der Waals surface area contributed by atoms with Crippen LogP contribution in [-0.2, 0) is 10.0 Å². The molecule has 0 heterocycles. The van der Waals surface area contributed by atoms with Gasteiger partial charge in [-0.3, -0.25) is 0 Å². The van der Waals surface area contributed by atoms with Crippen molar-refractivity contribution in [2.24, 2.45) is 0 Å². The molecule has 0 fully saturated rings. The van der Waals surface area contributed by atoms with Crippen molar-refractivity contribution in [3.63, 3.8) is 0 Å². The predicted molar refractivity (Wildman–Crippen MR) is 80.5 cm³/mol. The number of rotatable bonds is 3. The van der Waals surface area contributed by atoms with Crippen LogP contribution in [0.15, 0.2) is 59.5 Å². The fraction of sp³-hybridized carbons (Fsp3) is 0.133. The SMILES string of the molecule is Cc1cccc(NC(=[NH+]S(=O)(=O)c2ccccc2)C(F)(F)F)c1. The van der Waals surface area contributed by atoms with Gasteiger partial charge in [-0.25, -0.2) is 5.32 Å². The zero-order valence-electron chi connectivity index (χ0n) is 12.1. The molecule has 23 heavy (non-hydrogen) atoms. The number of amidine groups is 1. The van der Waals surface area contributed by atoms with Crippen molar-refractivity contribution in [2.45, 2.75) is 18.0 Å². The Kier molecular flexibility index (Phi) is 4.74. The lowest BCUT2D eigenvalue weighted by Crippen LogP contribution is -2.80. The monoisotopic (exact) mass is 343 g/mol. The Morgan fingerprint density at radius 1 is 1.04 bits per heavy atom. The number of sulfonamides is 1. The Morgan fingerprint density at radius 2 is 1.70 bits per heavy atom. The number of aryl methyl sites for hydroxylation is 1. The minimum absolute atomic E-state index is 0.132. The maximum atomic E-state index is 13.1. The second-order valence-electron chi connectivity index (χ2n) is 4.79. The fourth-order valence-electron chi connectivity index (χ4n) is 1.81. The van der Waals surface area contributed by atoms with Crippen molar-refractivity contribution >= 4 is 21.5 Å². The van der Waals surface area contributed by atoms with Gasteiger partial charge in [0.2, 0.25) is 0 Å². The van der Waals surface area contributed by atoms with Crippen molar-refractivity contribution < 1.29 is 26.0 Å². The van der Waals surface area contributed by atoms with Crippen LogP contribution in [0.5, 0.6) is 0 Å². The van der Waals surface area contributed by atoms with E-state index in [1.165, 1.54) is 36.4 Å². The van der Waals surface area contributed by atoms with Crippen LogP contribution < -0.4 is 9.71 Å². The van der Waals surface area contributed by atoms with Crippen LogP contribution in [0, 0.1) is 6.92 Å². The average molecular weight is 343 g/mol. The van der Waals surface area contributed by atoms with Crippen LogP contribution in [0.4, 0.5) is 18.9 Å². The Hall–Kier alpha value is -2.35. The average Bonchev–Trinajstić information content (AvgIpc) is 2.46. The largest absolute Gasteiger partial charge is 0.495 e. The molecule has 4 nitrogen and oxygen atoms in total. The first-order valence-corrected chi connectivity index (χ1v) is 8.02. The number of anilines is 1. The van der Waals surface area contributed by atoms with E-state index in [9.17, 15) is 21.6 Å². The molecule has 0 spiro atoms. The highest BCUT2D eigenvalue weighted by Crippen LogP contribution is 2.18. The van der Waals surface area contributed by atoms with Gasteiger partial charge in [0.25, 0.3) is 0 Å². The minimum atomic E-state index is -4.88. The van der Waals surface area contributed by atoms with E-state index < -0.39 is 22.0 Å². The molecule has 0 aromatic heterocycles. The van der Waals surface area contributed by atoms with Crippen molar-refractivity contribution in [1.29, 1.82) is 0 Å². The Labute approximate surface area is 131 Å². The molecule has 2 rings (SSSR count). The highest BCUT2D eigenvalue weighted by atomic mass is 32.2. The van der Waals surface area contributed by atoms with E-state index in [2.05, 4.69) is 5.32 Å². The third kappa shape index (κ3) is 4.56. The van der Waals surface area contributed by atoms with E-state index in [1.54, 1.807) is 29.5 Å². The number of benzene rings is 2. The number of nitrogens with one attached hydrogen (secondary N) is 2. The lowest BCUT2D eigenvalue weighted by Gasteiger charge is -2.07. The van der Waals surface area contributed by atoms with Gasteiger partial charge in [0.05, 0.1) is 0 Å². The van der Waals surface area contributed by atoms with Crippen LogP contribution in [0.3, 0.4) is 0 Å². The van der Waals surface area contributed by atoms with Gasteiger partial charge in [-0.05, 0) is 36.8 Å². The molecule has 8 heteroatoms. The van der Waals surface area contributed by atoms with Crippen molar-refractivity contribution in [1.82, 2.24) is 0 Å². The summed E-state index contributed by atoms with van der Waals surface area (Å²) in [5.41, 5.74) is 0.871. The van der Waals surface area contributed by atoms with E-state index in [1.807, 2.05) is 0 Å². The first kappa shape index (κ1) is 17.0. The number of hydrogen-bond acceptors (Lipinski definition) is 2. The van der Waals surface area contributed by atoms with Crippen molar-refractivity contribution in [3.8, 4) is 0 Å². The summed E-state index contributed by atoms with van der Waals surface area (Å²) >= 11 is 0. The molecular formula is C15H14F3N2O2S+. The molecule has 0 aliphatic rings. The zero-order chi connectivity index (χ0) is 17.1. The Bertz CT molecular complexity index is 816. The van der Waals surface area contributed by atoms with Crippen LogP contribution >= 0.6 is 0 Å². The smallest absolute Gasteiger partial charge is 0.236 e. The predicted octanol–water partition coefficient (Wildman–Crippen LogP) is 1.84. The van der Waals surface area contributed by atoms with Crippen LogP contribution in [0.1, 0.15) is 5.56 Å². The summed E-state index contributed by atoms with van der Waals surface area (Å²) in [4.78, 5) is -0.257. The second-order valence-corrected chi connectivity index (χ2v) is 6.47. The Morgan fingerprint density at radius 3 is 2.26 bits per heavy atom. The first-order chi connectivity index (χ1) is 10.7. The van der Waals surface area contributed by atoms with Crippen LogP contribution in [0.25, 0.3) is 0 Å². The molecule has 2 aromatic rings. The quantitative estimate of drug-likeness (QED) is 0.660. The van der Waals surface area contributed by atoms with Crippen LogP contribution in [-0.4, -0.2) is 20.4 Å². The standard InChI is InChI=1S/C15H13F3N2O2S/c1-11-6-5-7-12(10-11)19-14(15(16,17)18)20-23(21,22)13-8-3-2-4-9-13/h2-10H,1H3,(H,19,20)/p+1. The zero-order valence-corrected chi connectivity index (χ0v) is 12.9. The van der Waals surface area contributed by atoms with Gasteiger partial charge in [-0.2, -0.15) is 26.0 Å². The van der Waals surface area contributed by atoms with E-state index in [-0.39, 0.29) is 10.6 Å². The van der Waals surface area contributed by atoms with Gasteiger partial charge in [-0.15, -0.1) is 0 Å². The van der Waals surface area contributed by atoms with Gasteiger partial charge in [0.15, 0.2) is 0 Å². The third-order valence-corrected chi connectivity index (χ3v) is 4.23. The number of alkyl halides is 3. The van der Waals surface area contributed by atoms with E-state index in [4.69, 9.17) is 0 Å². The molecule has 0 aliphatic carbocycles.